The van der Waals surface area contributed by atoms with Crippen molar-refractivity contribution in [1.82, 2.24) is 34.4 Å². The minimum Gasteiger partial charge on any atom is -0.481 e. The number of nitrogens with zero attached hydrogens (tertiary/aromatic N) is 7. The van der Waals surface area contributed by atoms with Crippen molar-refractivity contribution < 1.29 is 27.8 Å². The van der Waals surface area contributed by atoms with Crippen molar-refractivity contribution in [3.8, 4) is 17.4 Å². The molecule has 46 heavy (non-hydrogen) atoms. The molecule has 5 aromatic rings. The predicted octanol–water partition coefficient (Wildman–Crippen LogP) is 5.98. The van der Waals surface area contributed by atoms with E-state index in [9.17, 15) is 4.79 Å². The van der Waals surface area contributed by atoms with Crippen molar-refractivity contribution in [3.63, 3.8) is 0 Å². The van der Waals surface area contributed by atoms with Gasteiger partial charge in [0.1, 0.15) is 36.2 Å². The molecule has 1 amide bonds. The Labute approximate surface area is 262 Å². The van der Waals surface area contributed by atoms with Gasteiger partial charge in [-0.2, -0.15) is 5.10 Å². The Morgan fingerprint density at radius 1 is 1.07 bits per heavy atom. The maximum atomic E-state index is 15.2. The molecule has 0 saturated carbocycles. The van der Waals surface area contributed by atoms with Gasteiger partial charge >= 0.3 is 6.09 Å². The Morgan fingerprint density at radius 3 is 2.65 bits per heavy atom. The number of halogens is 2. The van der Waals surface area contributed by atoms with Crippen LogP contribution < -0.4 is 20.1 Å². The molecule has 0 radical (unpaired) electrons. The molecule has 0 aliphatic carbocycles. The van der Waals surface area contributed by atoms with E-state index in [-0.39, 0.29) is 23.7 Å². The monoisotopic (exact) mass is 633 g/mol. The number of amides is 1. The number of likely N-dealkylation sites (tertiary alicyclic amines) is 1. The van der Waals surface area contributed by atoms with Gasteiger partial charge in [-0.1, -0.05) is 0 Å². The minimum absolute atomic E-state index is 0.00677. The summed E-state index contributed by atoms with van der Waals surface area (Å²) < 4.78 is 49.5. The topological polar surface area (TPSA) is 141 Å². The van der Waals surface area contributed by atoms with Gasteiger partial charge in [0.15, 0.2) is 17.5 Å². The van der Waals surface area contributed by atoms with Crippen LogP contribution in [-0.2, 0) is 4.74 Å². The van der Waals surface area contributed by atoms with Gasteiger partial charge in [0.25, 0.3) is 5.92 Å². The van der Waals surface area contributed by atoms with Gasteiger partial charge in [-0.15, -0.1) is 0 Å². The van der Waals surface area contributed by atoms with E-state index in [1.165, 1.54) is 23.5 Å². The number of nitrogens with one attached hydrogen (secondary N) is 2. The van der Waals surface area contributed by atoms with Crippen LogP contribution in [0, 0.1) is 6.92 Å². The quantitative estimate of drug-likeness (QED) is 0.219. The summed E-state index contributed by atoms with van der Waals surface area (Å²) >= 11 is 0. The van der Waals surface area contributed by atoms with Crippen LogP contribution in [0.3, 0.4) is 0 Å². The van der Waals surface area contributed by atoms with Crippen LogP contribution >= 0.6 is 0 Å². The molecule has 1 atom stereocenters. The van der Waals surface area contributed by atoms with E-state index in [0.29, 0.717) is 40.4 Å². The molecular weight excluding hydrogens is 600 g/mol. The summed E-state index contributed by atoms with van der Waals surface area (Å²) in [6, 6.07) is 10.3. The average Bonchev–Trinajstić information content (AvgIpc) is 3.44. The van der Waals surface area contributed by atoms with Crippen LogP contribution in [0.25, 0.3) is 16.6 Å². The van der Waals surface area contributed by atoms with E-state index >= 15 is 8.78 Å². The number of aryl methyl sites for hydroxylation is 1. The molecule has 15 heteroatoms. The minimum atomic E-state index is -3.15. The van der Waals surface area contributed by atoms with E-state index in [1.54, 1.807) is 63.1 Å². The van der Waals surface area contributed by atoms with E-state index < -0.39 is 30.3 Å². The van der Waals surface area contributed by atoms with Crippen molar-refractivity contribution in [2.24, 2.45) is 0 Å². The van der Waals surface area contributed by atoms with E-state index in [4.69, 9.17) is 14.2 Å². The van der Waals surface area contributed by atoms with Gasteiger partial charge in [0.05, 0.1) is 23.1 Å². The third-order valence-corrected chi connectivity index (χ3v) is 7.18. The SMILES string of the molecule is Cc1cc(Nc2ncnc3ccc(NC(=O)OC(C)(C)C)c(O[C@@H]4CCN(C)CC4(F)F)c23)ccc1Oc1cc2ncnn2cn1. The van der Waals surface area contributed by atoms with Gasteiger partial charge in [-0.3, -0.25) is 5.32 Å². The summed E-state index contributed by atoms with van der Waals surface area (Å²) in [4.78, 5) is 31.5. The first-order valence-electron chi connectivity index (χ1n) is 14.6. The summed E-state index contributed by atoms with van der Waals surface area (Å²) in [7, 11) is 1.64. The number of rotatable bonds is 7. The average molecular weight is 634 g/mol. The molecule has 2 aromatic carbocycles. The number of aromatic nitrogens is 6. The van der Waals surface area contributed by atoms with Gasteiger partial charge in [-0.05, 0) is 70.6 Å². The van der Waals surface area contributed by atoms with Crippen molar-refractivity contribution >= 4 is 39.8 Å². The fraction of sp³-hybridized carbons (Fsp3) is 0.355. The molecule has 0 bridgehead atoms. The Morgan fingerprint density at radius 2 is 1.89 bits per heavy atom. The second kappa shape index (κ2) is 12.0. The van der Waals surface area contributed by atoms with Crippen LogP contribution in [0.1, 0.15) is 32.8 Å². The molecule has 1 aliphatic rings. The molecule has 1 aliphatic heterocycles. The largest absolute Gasteiger partial charge is 0.481 e. The third kappa shape index (κ3) is 6.73. The van der Waals surface area contributed by atoms with Gasteiger partial charge in [-0.25, -0.2) is 38.0 Å². The van der Waals surface area contributed by atoms with Crippen LogP contribution in [0.4, 0.5) is 30.8 Å². The number of ether oxygens (including phenoxy) is 3. The van der Waals surface area contributed by atoms with Crippen LogP contribution in [0.5, 0.6) is 17.4 Å². The fourth-order valence-corrected chi connectivity index (χ4v) is 5.09. The van der Waals surface area contributed by atoms with Crippen molar-refractivity contribution in [3.05, 3.63) is 60.9 Å². The molecule has 4 heterocycles. The number of hydrogen-bond acceptors (Lipinski definition) is 11. The molecular formula is C31H33F2N9O4. The number of alkyl halides is 2. The lowest BCUT2D eigenvalue weighted by atomic mass is 10.0. The standard InChI is InChI=1S/C31H33F2N9O4/c1-18-12-19(6-9-22(18)44-25-13-24-35-16-38-42(24)17-37-25)39-28-26-20(34-15-36-28)7-8-21(40-29(43)46-30(2,3)4)27(26)45-23-10-11-41(5)14-31(23,32)33/h6-9,12-13,15-17,23H,10-11,14H2,1-5H3,(H,40,43)(H,34,36,39)/t23-/m1/s1. The molecule has 0 spiro atoms. The van der Waals surface area contributed by atoms with Crippen LogP contribution in [0.2, 0.25) is 0 Å². The highest BCUT2D eigenvalue weighted by molar-refractivity contribution is 6.02. The number of carbonyl (C=O) groups excluding carboxylic acids is 1. The fourth-order valence-electron chi connectivity index (χ4n) is 5.09. The number of carbonyl (C=O) groups is 1. The lowest BCUT2D eigenvalue weighted by Gasteiger charge is -2.36. The highest BCUT2D eigenvalue weighted by atomic mass is 19.3. The van der Waals surface area contributed by atoms with Gasteiger partial charge in [0, 0.05) is 24.7 Å². The molecule has 240 valence electrons. The number of hydrogen-bond donors (Lipinski definition) is 2. The normalized spacial score (nSPS) is 16.7. The summed E-state index contributed by atoms with van der Waals surface area (Å²) in [6.07, 6.45) is 2.15. The van der Waals surface area contributed by atoms with Crippen LogP contribution in [-0.4, -0.2) is 78.3 Å². The molecule has 6 rings (SSSR count). The van der Waals surface area contributed by atoms with Crippen molar-refractivity contribution in [2.45, 2.75) is 51.7 Å². The Hall–Kier alpha value is -5.18. The predicted molar refractivity (Wildman–Crippen MR) is 166 cm³/mol. The second-order valence-electron chi connectivity index (χ2n) is 12.1. The molecule has 13 nitrogen and oxygen atoms in total. The highest BCUT2D eigenvalue weighted by Crippen LogP contribution is 2.41. The summed E-state index contributed by atoms with van der Waals surface area (Å²) in [6.45, 7) is 7.00. The van der Waals surface area contributed by atoms with E-state index in [2.05, 4.69) is 35.7 Å². The summed E-state index contributed by atoms with van der Waals surface area (Å²) in [5.41, 5.74) is 1.78. The highest BCUT2D eigenvalue weighted by Gasteiger charge is 2.46. The van der Waals surface area contributed by atoms with E-state index in [1.807, 2.05) is 13.0 Å². The second-order valence-corrected chi connectivity index (χ2v) is 12.1. The zero-order valence-electron chi connectivity index (χ0n) is 25.9. The van der Waals surface area contributed by atoms with Gasteiger partial charge < -0.3 is 24.4 Å². The third-order valence-electron chi connectivity index (χ3n) is 7.18. The molecule has 1 fully saturated rings. The Balaban J connectivity index is 1.34. The lowest BCUT2D eigenvalue weighted by Crippen LogP contribution is -2.52. The first-order valence-corrected chi connectivity index (χ1v) is 14.6. The molecule has 2 N–H and O–H groups in total. The first kappa shape index (κ1) is 30.8. The smallest absolute Gasteiger partial charge is 0.412 e. The summed E-state index contributed by atoms with van der Waals surface area (Å²) in [5, 5.41) is 10.3. The summed E-state index contributed by atoms with van der Waals surface area (Å²) in [5.74, 6) is -1.94. The number of anilines is 3. The van der Waals surface area contributed by atoms with Crippen LogP contribution in [0.15, 0.2) is 55.4 Å². The Bertz CT molecular complexity index is 1910. The number of fused-ring (bicyclic) bond motifs is 2. The zero-order valence-corrected chi connectivity index (χ0v) is 25.9. The Kier molecular flexibility index (Phi) is 8.02. The van der Waals surface area contributed by atoms with E-state index in [0.717, 1.165) is 5.56 Å². The van der Waals surface area contributed by atoms with Crippen molar-refractivity contribution in [1.29, 1.82) is 0 Å². The van der Waals surface area contributed by atoms with Gasteiger partial charge in [0.2, 0.25) is 5.88 Å². The van der Waals surface area contributed by atoms with Crippen molar-refractivity contribution in [2.75, 3.05) is 30.8 Å². The molecule has 0 unspecified atom stereocenters. The zero-order chi connectivity index (χ0) is 32.6. The number of benzene rings is 2. The first-order chi connectivity index (χ1) is 21.8. The molecule has 1 saturated heterocycles. The maximum Gasteiger partial charge on any atom is 0.412 e. The maximum absolute atomic E-state index is 15.2. The molecule has 3 aromatic heterocycles. The lowest BCUT2D eigenvalue weighted by molar-refractivity contribution is -0.134. The number of piperidine rings is 1.